The number of alkyl halides is 2. The van der Waals surface area contributed by atoms with Crippen LogP contribution in [0, 0.1) is 23.7 Å². The highest BCUT2D eigenvalue weighted by Gasteiger charge is 2.44. The van der Waals surface area contributed by atoms with Gasteiger partial charge in [-0.15, -0.1) is 5.92 Å². The minimum absolute atomic E-state index is 0.0376. The molecule has 7 heteroatoms. The summed E-state index contributed by atoms with van der Waals surface area (Å²) < 4.78 is 27.7. The second-order valence-electron chi connectivity index (χ2n) is 9.92. The summed E-state index contributed by atoms with van der Waals surface area (Å²) in [6.45, 7) is 1.79. The molecule has 2 aromatic rings. The Labute approximate surface area is 211 Å². The van der Waals surface area contributed by atoms with E-state index in [-0.39, 0.29) is 43.3 Å². The van der Waals surface area contributed by atoms with E-state index in [4.69, 9.17) is 16.7 Å². The molecule has 4 nitrogen and oxygen atoms in total. The molecule has 1 aromatic heterocycles. The minimum Gasteiger partial charge on any atom is -0.481 e. The molecule has 1 aliphatic carbocycles. The highest BCUT2D eigenvalue weighted by molar-refractivity contribution is 6.31. The van der Waals surface area contributed by atoms with Crippen molar-refractivity contribution in [3.63, 3.8) is 0 Å². The Balaban J connectivity index is 1.53. The average molecular weight is 506 g/mol. The van der Waals surface area contributed by atoms with Crippen LogP contribution >= 0.6 is 11.6 Å². The van der Waals surface area contributed by atoms with Gasteiger partial charge in [0.15, 0.2) is 5.78 Å². The highest BCUT2D eigenvalue weighted by atomic mass is 35.5. The van der Waals surface area contributed by atoms with E-state index in [1.165, 1.54) is 0 Å². The lowest BCUT2D eigenvalue weighted by molar-refractivity contribution is -0.137. The first-order valence-electron chi connectivity index (χ1n) is 12.5. The second-order valence-corrected chi connectivity index (χ2v) is 10.4. The van der Waals surface area contributed by atoms with Crippen molar-refractivity contribution in [1.82, 2.24) is 4.57 Å². The summed E-state index contributed by atoms with van der Waals surface area (Å²) in [6.07, 6.45) is 6.48. The van der Waals surface area contributed by atoms with Gasteiger partial charge in [0.25, 0.3) is 5.92 Å². The third-order valence-electron chi connectivity index (χ3n) is 6.73. The Morgan fingerprint density at radius 3 is 2.54 bits per heavy atom. The van der Waals surface area contributed by atoms with Gasteiger partial charge in [0.2, 0.25) is 0 Å². The average Bonchev–Trinajstić information content (AvgIpc) is 3.01. The number of carboxylic acid groups (broad SMARTS) is 1. The number of ketones is 1. The molecule has 1 heterocycles. The molecule has 1 saturated carbocycles. The van der Waals surface area contributed by atoms with Gasteiger partial charge in [-0.05, 0) is 43.4 Å². The molecule has 0 spiro atoms. The molecule has 3 rings (SSSR count). The van der Waals surface area contributed by atoms with E-state index in [0.717, 1.165) is 61.5 Å². The summed E-state index contributed by atoms with van der Waals surface area (Å²) >= 11 is 6.23. The molecule has 35 heavy (non-hydrogen) atoms. The number of benzene rings is 1. The molecule has 0 unspecified atom stereocenters. The van der Waals surface area contributed by atoms with Crippen molar-refractivity contribution in [1.29, 1.82) is 0 Å². The van der Waals surface area contributed by atoms with Gasteiger partial charge in [0, 0.05) is 72.3 Å². The van der Waals surface area contributed by atoms with Gasteiger partial charge in [-0.1, -0.05) is 43.7 Å². The van der Waals surface area contributed by atoms with Crippen molar-refractivity contribution < 1.29 is 23.5 Å². The molecule has 1 fully saturated rings. The smallest absolute Gasteiger partial charge is 0.303 e. The Morgan fingerprint density at radius 2 is 1.86 bits per heavy atom. The number of hydrogen-bond acceptors (Lipinski definition) is 2. The number of aliphatic carboxylic acids is 1. The third-order valence-corrected chi connectivity index (χ3v) is 6.97. The highest BCUT2D eigenvalue weighted by Crippen LogP contribution is 2.41. The van der Waals surface area contributed by atoms with Gasteiger partial charge in [-0.2, -0.15) is 0 Å². The number of rotatable bonds is 12. The van der Waals surface area contributed by atoms with E-state index in [1.54, 1.807) is 6.92 Å². The van der Waals surface area contributed by atoms with Crippen LogP contribution in [0.25, 0.3) is 10.9 Å². The monoisotopic (exact) mass is 505 g/mol. The quantitative estimate of drug-likeness (QED) is 0.185. The number of hydrogen-bond donors (Lipinski definition) is 1. The number of fused-ring (bicyclic) bond motifs is 1. The zero-order valence-corrected chi connectivity index (χ0v) is 21.3. The third kappa shape index (κ3) is 7.54. The Morgan fingerprint density at radius 1 is 1.17 bits per heavy atom. The van der Waals surface area contributed by atoms with Crippen molar-refractivity contribution in [2.75, 3.05) is 0 Å². The number of nitrogens with zero attached hydrogens (tertiary/aromatic N) is 1. The molecule has 0 saturated heterocycles. The van der Waals surface area contributed by atoms with Crippen LogP contribution in [0.15, 0.2) is 18.2 Å². The summed E-state index contributed by atoms with van der Waals surface area (Å²) in [5.74, 6) is 2.18. The van der Waals surface area contributed by atoms with E-state index in [9.17, 15) is 18.4 Å². The molecule has 0 amide bonds. The zero-order valence-electron chi connectivity index (χ0n) is 20.5. The summed E-state index contributed by atoms with van der Waals surface area (Å²) in [7, 11) is 1.96. The predicted octanol–water partition coefficient (Wildman–Crippen LogP) is 7.45. The van der Waals surface area contributed by atoms with Gasteiger partial charge in [-0.25, -0.2) is 8.78 Å². The molecule has 1 atom stereocenters. The molecule has 1 aliphatic rings. The van der Waals surface area contributed by atoms with Crippen LogP contribution in [0.2, 0.25) is 5.02 Å². The van der Waals surface area contributed by atoms with Crippen molar-refractivity contribution in [3.05, 3.63) is 34.5 Å². The van der Waals surface area contributed by atoms with Gasteiger partial charge >= 0.3 is 5.97 Å². The van der Waals surface area contributed by atoms with E-state index in [2.05, 4.69) is 16.4 Å². The summed E-state index contributed by atoms with van der Waals surface area (Å²) in [5, 5.41) is 10.4. The standard InChI is InChI=1S/C28H34ClF2NO3/c1-19(15-26(34)35)14-25(33)27-22-16-21(29)12-13-23(22)32(2)24(27)11-9-7-5-3-4-6-8-10-20-17-28(30,31)18-20/h12-13,16,19-20H,3-7,9,11,14-15,17-18H2,1-2H3,(H,34,35)/t19-/m0/s1. The van der Waals surface area contributed by atoms with Crippen molar-refractivity contribution in [2.45, 2.75) is 83.5 Å². The van der Waals surface area contributed by atoms with Crippen LogP contribution in [-0.2, 0) is 18.3 Å². The van der Waals surface area contributed by atoms with E-state index in [0.29, 0.717) is 10.6 Å². The first kappa shape index (κ1) is 27.2. The number of carboxylic acids is 1. The first-order chi connectivity index (χ1) is 16.6. The van der Waals surface area contributed by atoms with E-state index in [1.807, 2.05) is 25.2 Å². The maximum absolute atomic E-state index is 13.2. The SMILES string of the molecule is C[C@H](CC(=O)O)CC(=O)c1c(CCCCCCCC#CC2CC(F)(F)C2)n(C)c2ccc(Cl)cc12. The van der Waals surface area contributed by atoms with Gasteiger partial charge in [0.05, 0.1) is 0 Å². The number of carbonyl (C=O) groups excluding carboxylic acids is 1. The summed E-state index contributed by atoms with van der Waals surface area (Å²) in [4.78, 5) is 24.3. The molecule has 0 aliphatic heterocycles. The van der Waals surface area contributed by atoms with Crippen LogP contribution in [0.5, 0.6) is 0 Å². The van der Waals surface area contributed by atoms with Crippen LogP contribution in [0.3, 0.4) is 0 Å². The van der Waals surface area contributed by atoms with Gasteiger partial charge < -0.3 is 9.67 Å². The number of halogens is 3. The number of aromatic nitrogens is 1. The largest absolute Gasteiger partial charge is 0.481 e. The minimum atomic E-state index is -2.50. The van der Waals surface area contributed by atoms with Crippen LogP contribution in [0.1, 0.15) is 87.2 Å². The van der Waals surface area contributed by atoms with Crippen LogP contribution in [0.4, 0.5) is 8.78 Å². The summed E-state index contributed by atoms with van der Waals surface area (Å²) in [5.41, 5.74) is 2.58. The Kier molecular flexibility index (Phi) is 9.35. The molecule has 1 aromatic carbocycles. The maximum Gasteiger partial charge on any atom is 0.303 e. The zero-order chi connectivity index (χ0) is 25.6. The van der Waals surface area contributed by atoms with Crippen molar-refractivity contribution in [3.8, 4) is 11.8 Å². The number of Topliss-reactive ketones (excluding diaryl/α,β-unsaturated/α-hetero) is 1. The molecule has 0 radical (unpaired) electrons. The fourth-order valence-electron chi connectivity index (χ4n) is 4.88. The van der Waals surface area contributed by atoms with Gasteiger partial charge in [0.1, 0.15) is 0 Å². The molecule has 0 bridgehead atoms. The molecule has 1 N–H and O–H groups in total. The van der Waals surface area contributed by atoms with Crippen molar-refractivity contribution in [2.24, 2.45) is 18.9 Å². The van der Waals surface area contributed by atoms with Crippen molar-refractivity contribution >= 4 is 34.3 Å². The predicted molar refractivity (Wildman–Crippen MR) is 135 cm³/mol. The van der Waals surface area contributed by atoms with Gasteiger partial charge in [-0.3, -0.25) is 9.59 Å². The number of unbranched alkanes of at least 4 members (excludes halogenated alkanes) is 5. The normalized spacial score (nSPS) is 15.9. The second kappa shape index (κ2) is 12.0. The number of carbonyl (C=O) groups is 2. The maximum atomic E-state index is 13.2. The fourth-order valence-corrected chi connectivity index (χ4v) is 5.05. The summed E-state index contributed by atoms with van der Waals surface area (Å²) in [6, 6.07) is 5.56. The van der Waals surface area contributed by atoms with Crippen LogP contribution < -0.4 is 0 Å². The Bertz CT molecular complexity index is 1120. The lowest BCUT2D eigenvalue weighted by Crippen LogP contribution is -2.34. The molecular weight excluding hydrogens is 472 g/mol. The van der Waals surface area contributed by atoms with E-state index < -0.39 is 11.9 Å². The topological polar surface area (TPSA) is 59.3 Å². The fraction of sp³-hybridized carbons (Fsp3) is 0.571. The van der Waals surface area contributed by atoms with E-state index >= 15 is 0 Å². The Hall–Kier alpha value is -2.39. The van der Waals surface area contributed by atoms with Crippen LogP contribution in [-0.4, -0.2) is 27.3 Å². The lowest BCUT2D eigenvalue weighted by Gasteiger charge is -2.31. The molecular formula is C28H34ClF2NO3. The first-order valence-corrected chi connectivity index (χ1v) is 12.8. The molecule has 190 valence electrons. The number of aryl methyl sites for hydroxylation is 1. The lowest BCUT2D eigenvalue weighted by atomic mass is 9.82.